The van der Waals surface area contributed by atoms with E-state index in [1.807, 2.05) is 0 Å². The Morgan fingerprint density at radius 3 is 2.38 bits per heavy atom. The summed E-state index contributed by atoms with van der Waals surface area (Å²) < 4.78 is 37.8. The van der Waals surface area contributed by atoms with Gasteiger partial charge in [-0.05, 0) is 49.4 Å². The van der Waals surface area contributed by atoms with Crippen molar-refractivity contribution in [1.29, 1.82) is 0 Å². The monoisotopic (exact) mass is 387 g/mol. The minimum absolute atomic E-state index is 0.0100. The van der Waals surface area contributed by atoms with Crippen LogP contribution in [0.15, 0.2) is 47.4 Å². The molecule has 2 aromatic rings. The van der Waals surface area contributed by atoms with Crippen LogP contribution < -0.4 is 4.72 Å². The molecule has 1 unspecified atom stereocenters. The fraction of sp³-hybridized carbons (Fsp3) is 0.188. The lowest BCUT2D eigenvalue weighted by Gasteiger charge is -2.11. The summed E-state index contributed by atoms with van der Waals surface area (Å²) in [5, 5.41) is -0.393. The summed E-state index contributed by atoms with van der Waals surface area (Å²) in [7, 11) is -3.36. The van der Waals surface area contributed by atoms with Gasteiger partial charge in [0.1, 0.15) is 5.82 Å². The van der Waals surface area contributed by atoms with E-state index in [-0.39, 0.29) is 10.8 Å². The second-order valence-electron chi connectivity index (χ2n) is 5.15. The quantitative estimate of drug-likeness (QED) is 0.595. The largest absolute Gasteiger partial charge is 0.293 e. The molecule has 8 heteroatoms. The Balaban J connectivity index is 2.08. The molecule has 2 aromatic carbocycles. The molecule has 0 saturated carbocycles. The second-order valence-corrected chi connectivity index (χ2v) is 8.72. The fourth-order valence-corrected chi connectivity index (χ4v) is 3.75. The van der Waals surface area contributed by atoms with E-state index in [9.17, 15) is 17.6 Å². The molecule has 2 rings (SSSR count). The Kier molecular flexibility index (Phi) is 5.90. The van der Waals surface area contributed by atoms with Gasteiger partial charge in [0.15, 0.2) is 5.78 Å². The highest BCUT2D eigenvalue weighted by Gasteiger charge is 2.17. The SMILES string of the molecule is CC(Sc1ccc(F)c(Cl)c1)C(=O)c1ccc(NS(C)(=O)=O)cc1. The number of ketones is 1. The number of benzene rings is 2. The molecule has 0 amide bonds. The van der Waals surface area contributed by atoms with Crippen molar-refractivity contribution in [1.82, 2.24) is 0 Å². The molecule has 0 radical (unpaired) electrons. The third-order valence-corrected chi connectivity index (χ3v) is 5.04. The number of hydrogen-bond donors (Lipinski definition) is 1. The van der Waals surface area contributed by atoms with Gasteiger partial charge in [0.2, 0.25) is 10.0 Å². The van der Waals surface area contributed by atoms with Crippen LogP contribution in [0.2, 0.25) is 5.02 Å². The maximum atomic E-state index is 13.2. The van der Waals surface area contributed by atoms with Gasteiger partial charge in [0, 0.05) is 16.1 Å². The normalized spacial score (nSPS) is 12.7. The van der Waals surface area contributed by atoms with Crippen molar-refractivity contribution in [3.63, 3.8) is 0 Å². The third kappa shape index (κ3) is 5.22. The molecule has 4 nitrogen and oxygen atoms in total. The van der Waals surface area contributed by atoms with Crippen LogP contribution in [0.25, 0.3) is 0 Å². The Bertz CT molecular complexity index is 854. The van der Waals surface area contributed by atoms with Crippen molar-refractivity contribution in [3.8, 4) is 0 Å². The molecular weight excluding hydrogens is 373 g/mol. The molecular formula is C16H15ClFNO3S2. The van der Waals surface area contributed by atoms with Gasteiger partial charge in [-0.2, -0.15) is 0 Å². The van der Waals surface area contributed by atoms with Crippen molar-refractivity contribution in [2.75, 3.05) is 11.0 Å². The number of rotatable bonds is 6. The van der Waals surface area contributed by atoms with Gasteiger partial charge in [0.25, 0.3) is 0 Å². The maximum Gasteiger partial charge on any atom is 0.229 e. The zero-order chi connectivity index (χ0) is 17.9. The van der Waals surface area contributed by atoms with Crippen LogP contribution in [0, 0.1) is 5.82 Å². The van der Waals surface area contributed by atoms with Crippen LogP contribution in [0.3, 0.4) is 0 Å². The summed E-state index contributed by atoms with van der Waals surface area (Å²) in [4.78, 5) is 13.1. The van der Waals surface area contributed by atoms with E-state index in [2.05, 4.69) is 4.72 Å². The number of carbonyl (C=O) groups excluding carboxylic acids is 1. The smallest absolute Gasteiger partial charge is 0.229 e. The Morgan fingerprint density at radius 1 is 1.21 bits per heavy atom. The zero-order valence-corrected chi connectivity index (χ0v) is 15.3. The first-order valence-electron chi connectivity index (χ1n) is 6.89. The van der Waals surface area contributed by atoms with Crippen molar-refractivity contribution in [2.45, 2.75) is 17.1 Å². The van der Waals surface area contributed by atoms with E-state index in [0.29, 0.717) is 16.1 Å². The Hall–Kier alpha value is -1.57. The van der Waals surface area contributed by atoms with Gasteiger partial charge in [-0.1, -0.05) is 11.6 Å². The van der Waals surface area contributed by atoms with E-state index >= 15 is 0 Å². The topological polar surface area (TPSA) is 63.2 Å². The minimum Gasteiger partial charge on any atom is -0.293 e. The lowest BCUT2D eigenvalue weighted by molar-refractivity contribution is 0.0994. The molecule has 1 atom stereocenters. The predicted molar refractivity (Wildman–Crippen MR) is 96.0 cm³/mol. The maximum absolute atomic E-state index is 13.2. The van der Waals surface area contributed by atoms with Crippen molar-refractivity contribution >= 4 is 44.9 Å². The number of hydrogen-bond acceptors (Lipinski definition) is 4. The number of carbonyl (C=O) groups is 1. The average Bonchev–Trinajstić information content (AvgIpc) is 2.49. The van der Waals surface area contributed by atoms with Crippen LogP contribution in [-0.2, 0) is 10.0 Å². The van der Waals surface area contributed by atoms with Gasteiger partial charge >= 0.3 is 0 Å². The minimum atomic E-state index is -3.36. The summed E-state index contributed by atoms with van der Waals surface area (Å²) in [6.45, 7) is 1.74. The van der Waals surface area contributed by atoms with Crippen LogP contribution in [0.1, 0.15) is 17.3 Å². The van der Waals surface area contributed by atoms with E-state index < -0.39 is 21.1 Å². The molecule has 0 spiro atoms. The first-order chi connectivity index (χ1) is 11.2. The van der Waals surface area contributed by atoms with Crippen molar-refractivity contribution in [2.24, 2.45) is 0 Å². The molecule has 1 N–H and O–H groups in total. The van der Waals surface area contributed by atoms with Gasteiger partial charge in [-0.3, -0.25) is 9.52 Å². The molecule has 0 saturated heterocycles. The van der Waals surface area contributed by atoms with Crippen LogP contribution >= 0.6 is 23.4 Å². The number of Topliss-reactive ketones (excluding diaryl/α,β-unsaturated/α-hetero) is 1. The van der Waals surface area contributed by atoms with E-state index in [1.165, 1.54) is 36.0 Å². The second kappa shape index (κ2) is 7.55. The van der Waals surface area contributed by atoms with Crippen molar-refractivity contribution in [3.05, 3.63) is 58.9 Å². The van der Waals surface area contributed by atoms with E-state index in [0.717, 1.165) is 6.26 Å². The molecule has 0 aliphatic carbocycles. The molecule has 0 aliphatic heterocycles. The molecule has 128 valence electrons. The number of anilines is 1. The zero-order valence-electron chi connectivity index (χ0n) is 12.9. The molecule has 0 aliphatic rings. The van der Waals surface area contributed by atoms with Gasteiger partial charge < -0.3 is 0 Å². The molecule has 0 aromatic heterocycles. The Labute approximate surface area is 149 Å². The molecule has 0 fully saturated rings. The highest BCUT2D eigenvalue weighted by molar-refractivity contribution is 8.00. The summed E-state index contributed by atoms with van der Waals surface area (Å²) in [6.07, 6.45) is 1.05. The molecule has 0 bridgehead atoms. The van der Waals surface area contributed by atoms with Gasteiger partial charge in [0.05, 0.1) is 16.5 Å². The Morgan fingerprint density at radius 2 is 1.83 bits per heavy atom. The van der Waals surface area contributed by atoms with Gasteiger partial charge in [-0.15, -0.1) is 11.8 Å². The highest BCUT2D eigenvalue weighted by Crippen LogP contribution is 2.29. The first kappa shape index (κ1) is 18.8. The number of sulfonamides is 1. The van der Waals surface area contributed by atoms with Gasteiger partial charge in [-0.25, -0.2) is 12.8 Å². The number of halogens is 2. The summed E-state index contributed by atoms with van der Waals surface area (Å²) in [5.74, 6) is -0.625. The van der Waals surface area contributed by atoms with E-state index in [1.54, 1.807) is 25.1 Å². The molecule has 24 heavy (non-hydrogen) atoms. The lowest BCUT2D eigenvalue weighted by atomic mass is 10.1. The highest BCUT2D eigenvalue weighted by atomic mass is 35.5. The van der Waals surface area contributed by atoms with E-state index in [4.69, 9.17) is 11.6 Å². The summed E-state index contributed by atoms with van der Waals surface area (Å²) in [5.41, 5.74) is 0.849. The fourth-order valence-electron chi connectivity index (χ4n) is 1.96. The third-order valence-electron chi connectivity index (χ3n) is 3.05. The van der Waals surface area contributed by atoms with Crippen molar-refractivity contribution < 1.29 is 17.6 Å². The standard InChI is InChI=1S/C16H15ClFNO3S2/c1-10(23-13-7-8-15(18)14(17)9-13)16(20)11-3-5-12(6-4-11)19-24(2,21)22/h3-10,19H,1-2H3. The lowest BCUT2D eigenvalue weighted by Crippen LogP contribution is -2.14. The summed E-state index contributed by atoms with van der Waals surface area (Å²) >= 11 is 7.01. The predicted octanol–water partition coefficient (Wildman–Crippen LogP) is 4.21. The van der Waals surface area contributed by atoms with Crippen LogP contribution in [0.5, 0.6) is 0 Å². The summed E-state index contributed by atoms with van der Waals surface area (Å²) in [6, 6.07) is 10.5. The van der Waals surface area contributed by atoms with Crippen LogP contribution in [0.4, 0.5) is 10.1 Å². The molecule has 0 heterocycles. The number of nitrogens with one attached hydrogen (secondary N) is 1. The average molecular weight is 388 g/mol. The first-order valence-corrected chi connectivity index (χ1v) is 10.0. The number of thioether (sulfide) groups is 1. The van der Waals surface area contributed by atoms with Crippen LogP contribution in [-0.4, -0.2) is 25.7 Å².